The Labute approximate surface area is 228 Å². The molecule has 3 rings (SSSR count). The number of unbranched alkanes of at least 4 members (excludes halogenated alkanes) is 5. The summed E-state index contributed by atoms with van der Waals surface area (Å²) < 4.78 is 4.98. The van der Waals surface area contributed by atoms with Crippen LogP contribution in [0.3, 0.4) is 0 Å². The molecule has 1 fully saturated rings. The van der Waals surface area contributed by atoms with Gasteiger partial charge in [0.05, 0.1) is 12.8 Å². The molecular weight excluding hydrogens is 480 g/mol. The third-order valence-electron chi connectivity index (χ3n) is 6.39. The minimum atomic E-state index is -0.626. The van der Waals surface area contributed by atoms with Crippen LogP contribution in [-0.4, -0.2) is 41.2 Å². The van der Waals surface area contributed by atoms with Gasteiger partial charge in [0.15, 0.2) is 11.5 Å². The molecule has 2 atom stereocenters. The predicted molar refractivity (Wildman–Crippen MR) is 153 cm³/mol. The number of aromatic nitrogens is 1. The van der Waals surface area contributed by atoms with Crippen molar-refractivity contribution < 1.29 is 18.8 Å². The van der Waals surface area contributed by atoms with Crippen LogP contribution in [0.1, 0.15) is 95.0 Å². The van der Waals surface area contributed by atoms with Crippen LogP contribution in [0.5, 0.6) is 0 Å². The lowest BCUT2D eigenvalue weighted by atomic mass is 10.0. The Bertz CT molecular complexity index is 918. The number of Topliss-reactive ketones (excluding diaryl/α,β-unsaturated/α-hetero) is 1. The Morgan fingerprint density at radius 2 is 1.87 bits per heavy atom. The minimum absolute atomic E-state index is 0.194. The van der Waals surface area contributed by atoms with Gasteiger partial charge in [-0.1, -0.05) is 57.9 Å². The van der Waals surface area contributed by atoms with E-state index in [2.05, 4.69) is 42.2 Å². The molecule has 38 heavy (non-hydrogen) atoms. The lowest BCUT2D eigenvalue weighted by Crippen LogP contribution is -2.44. The number of carbonyl (C=O) groups excluding carboxylic acids is 3. The van der Waals surface area contributed by atoms with Gasteiger partial charge in [0.25, 0.3) is 5.91 Å². The molecule has 0 saturated carbocycles. The highest BCUT2D eigenvalue weighted by atomic mass is 16.3. The van der Waals surface area contributed by atoms with Crippen LogP contribution < -0.4 is 16.0 Å². The average Bonchev–Trinajstić information content (AvgIpc) is 3.47. The Balaban J connectivity index is 0.000000363. The zero-order valence-electron chi connectivity index (χ0n) is 23.2. The lowest BCUT2D eigenvalue weighted by Gasteiger charge is -2.31. The highest BCUT2D eigenvalue weighted by molar-refractivity contribution is 5.95. The molecule has 2 aromatic rings. The summed E-state index contributed by atoms with van der Waals surface area (Å²) in [4.78, 5) is 41.3. The van der Waals surface area contributed by atoms with Gasteiger partial charge in [0, 0.05) is 18.7 Å². The minimum Gasteiger partial charge on any atom is -0.459 e. The number of primary amides is 1. The molecule has 0 aromatic carbocycles. The van der Waals surface area contributed by atoms with Gasteiger partial charge in [0.2, 0.25) is 5.91 Å². The molecule has 210 valence electrons. The summed E-state index contributed by atoms with van der Waals surface area (Å²) in [7, 11) is 0. The first-order chi connectivity index (χ1) is 18.4. The first-order valence-electron chi connectivity index (χ1n) is 13.8. The van der Waals surface area contributed by atoms with Crippen LogP contribution in [0.15, 0.2) is 60.4 Å². The third kappa shape index (κ3) is 12.7. The smallest absolute Gasteiger partial charge is 0.287 e. The summed E-state index contributed by atoms with van der Waals surface area (Å²) >= 11 is 0. The summed E-state index contributed by atoms with van der Waals surface area (Å²) in [5, 5.41) is 2.61. The number of nitrogens with zero attached hydrogens (tertiary/aromatic N) is 2. The predicted octanol–water partition coefficient (Wildman–Crippen LogP) is 5.84. The Morgan fingerprint density at radius 3 is 2.50 bits per heavy atom. The summed E-state index contributed by atoms with van der Waals surface area (Å²) in [5.41, 5.74) is 5.32. The molecular formula is C30H46N4O4. The summed E-state index contributed by atoms with van der Waals surface area (Å²) in [6.07, 6.45) is 14.6. The van der Waals surface area contributed by atoms with Gasteiger partial charge < -0.3 is 20.4 Å². The van der Waals surface area contributed by atoms with Crippen molar-refractivity contribution in [3.63, 3.8) is 0 Å². The van der Waals surface area contributed by atoms with Gasteiger partial charge in [-0.3, -0.25) is 14.4 Å². The average molecular weight is 527 g/mol. The van der Waals surface area contributed by atoms with Gasteiger partial charge >= 0.3 is 0 Å². The van der Waals surface area contributed by atoms with Gasteiger partial charge in [-0.25, -0.2) is 4.98 Å². The SMILES string of the molecule is C=C.CCCCCCCC[C@@H](NC(=O)c1ccco1)C(N)=O.C[C@@H]1CCCCC(=O)CN1c1ccccn1. The van der Waals surface area contributed by atoms with Crippen LogP contribution in [0, 0.1) is 0 Å². The van der Waals surface area contributed by atoms with Crippen LogP contribution in [0.4, 0.5) is 5.82 Å². The number of carbonyl (C=O) groups is 3. The van der Waals surface area contributed by atoms with Gasteiger partial charge in [0.1, 0.15) is 11.9 Å². The van der Waals surface area contributed by atoms with Gasteiger partial charge in [-0.15, -0.1) is 13.2 Å². The van der Waals surface area contributed by atoms with Crippen molar-refractivity contribution in [1.82, 2.24) is 10.3 Å². The van der Waals surface area contributed by atoms with E-state index in [1.165, 1.54) is 25.5 Å². The molecule has 0 unspecified atom stereocenters. The molecule has 8 heteroatoms. The molecule has 0 aliphatic carbocycles. The highest BCUT2D eigenvalue weighted by Crippen LogP contribution is 2.20. The van der Waals surface area contributed by atoms with Crippen molar-refractivity contribution in [2.75, 3.05) is 11.4 Å². The Hall–Kier alpha value is -3.42. The lowest BCUT2D eigenvalue weighted by molar-refractivity contribution is -0.120. The van der Waals surface area contributed by atoms with Crippen molar-refractivity contribution in [2.45, 2.75) is 96.6 Å². The number of furan rings is 1. The maximum absolute atomic E-state index is 11.8. The normalized spacial score (nSPS) is 16.0. The van der Waals surface area contributed by atoms with Crippen LogP contribution in [0.2, 0.25) is 0 Å². The Morgan fingerprint density at radius 1 is 1.13 bits per heavy atom. The van der Waals surface area contributed by atoms with Crippen molar-refractivity contribution in [3.05, 3.63) is 61.7 Å². The number of pyridine rings is 1. The van der Waals surface area contributed by atoms with Crippen molar-refractivity contribution in [2.24, 2.45) is 5.73 Å². The number of ketones is 1. The zero-order valence-corrected chi connectivity index (χ0v) is 23.2. The van der Waals surface area contributed by atoms with Gasteiger partial charge in [-0.2, -0.15) is 0 Å². The van der Waals surface area contributed by atoms with Crippen molar-refractivity contribution in [1.29, 1.82) is 0 Å². The van der Waals surface area contributed by atoms with E-state index < -0.39 is 17.9 Å². The maximum Gasteiger partial charge on any atom is 0.287 e. The van der Waals surface area contributed by atoms with E-state index in [1.807, 2.05) is 18.2 Å². The second kappa shape index (κ2) is 19.7. The first kappa shape index (κ1) is 32.6. The number of nitrogens with one attached hydrogen (secondary N) is 1. The fourth-order valence-corrected chi connectivity index (χ4v) is 4.22. The molecule has 1 saturated heterocycles. The molecule has 0 radical (unpaired) electrons. The molecule has 0 bridgehead atoms. The third-order valence-corrected chi connectivity index (χ3v) is 6.39. The molecule has 3 N–H and O–H groups in total. The summed E-state index contributed by atoms with van der Waals surface area (Å²) in [6.45, 7) is 10.9. The number of hydrogen-bond acceptors (Lipinski definition) is 6. The summed E-state index contributed by atoms with van der Waals surface area (Å²) in [5.74, 6) is 0.546. The van der Waals surface area contributed by atoms with E-state index >= 15 is 0 Å². The van der Waals surface area contributed by atoms with E-state index in [0.29, 0.717) is 24.8 Å². The molecule has 1 aliphatic rings. The largest absolute Gasteiger partial charge is 0.459 e. The highest BCUT2D eigenvalue weighted by Gasteiger charge is 2.21. The van der Waals surface area contributed by atoms with Gasteiger partial charge in [-0.05, 0) is 50.5 Å². The molecule has 8 nitrogen and oxygen atoms in total. The fourth-order valence-electron chi connectivity index (χ4n) is 4.22. The second-order valence-corrected chi connectivity index (χ2v) is 9.41. The zero-order chi connectivity index (χ0) is 28.2. The monoisotopic (exact) mass is 526 g/mol. The van der Waals surface area contributed by atoms with Crippen molar-refractivity contribution in [3.8, 4) is 0 Å². The summed E-state index contributed by atoms with van der Waals surface area (Å²) in [6, 6.07) is 8.81. The number of amides is 2. The number of nitrogens with two attached hydrogens (primary N) is 1. The van der Waals surface area contributed by atoms with E-state index in [1.54, 1.807) is 18.3 Å². The second-order valence-electron chi connectivity index (χ2n) is 9.41. The topological polar surface area (TPSA) is 119 Å². The molecule has 3 heterocycles. The number of anilines is 1. The van der Waals surface area contributed by atoms with E-state index in [4.69, 9.17) is 10.2 Å². The fraction of sp³-hybridized carbons (Fsp3) is 0.533. The molecule has 2 amide bonds. The first-order valence-corrected chi connectivity index (χ1v) is 13.8. The maximum atomic E-state index is 11.8. The van der Waals surface area contributed by atoms with E-state index in [9.17, 15) is 14.4 Å². The van der Waals surface area contributed by atoms with Crippen molar-refractivity contribution >= 4 is 23.4 Å². The molecule has 1 aliphatic heterocycles. The van der Waals surface area contributed by atoms with Crippen LogP contribution in [-0.2, 0) is 9.59 Å². The standard InChI is InChI=1S/C15H24N2O3.C13H18N2O.C2H4/c1-2-3-4-5-6-7-9-12(14(16)18)17-15(19)13-10-8-11-20-13;1-11-6-2-3-7-12(16)10-15(11)13-8-4-5-9-14-13;1-2/h8,10-12H,2-7,9H2,1H3,(H2,16,18)(H,17,19);4-5,8-9,11H,2-3,6-7,10H2,1H3;1-2H2/t12-;11-;/m11./s1. The quantitative estimate of drug-likeness (QED) is 0.281. The molecule has 2 aromatic heterocycles. The van der Waals surface area contributed by atoms with E-state index in [-0.39, 0.29) is 5.76 Å². The number of rotatable bonds is 11. The molecule has 0 spiro atoms. The van der Waals surface area contributed by atoms with Crippen LogP contribution >= 0.6 is 0 Å². The Kier molecular flexibility index (Phi) is 16.9. The number of hydrogen-bond donors (Lipinski definition) is 2. The van der Waals surface area contributed by atoms with Crippen LogP contribution in [0.25, 0.3) is 0 Å². The van der Waals surface area contributed by atoms with E-state index in [0.717, 1.165) is 50.8 Å².